The Morgan fingerprint density at radius 1 is 1.28 bits per heavy atom. The van der Waals surface area contributed by atoms with Gasteiger partial charge < -0.3 is 25.5 Å². The molecule has 0 unspecified atom stereocenters. The maximum Gasteiger partial charge on any atom is 0.433 e. The number of carbonyl (C=O) groups is 2. The van der Waals surface area contributed by atoms with Gasteiger partial charge in [0.1, 0.15) is 11.5 Å². The topological polar surface area (TPSA) is 132 Å². The van der Waals surface area contributed by atoms with E-state index in [9.17, 15) is 9.59 Å². The number of aryl methyl sites for hydroxylation is 1. The van der Waals surface area contributed by atoms with Crippen molar-refractivity contribution in [3.63, 3.8) is 0 Å². The first-order chi connectivity index (χ1) is 15.0. The molecule has 168 valence electrons. The van der Waals surface area contributed by atoms with Gasteiger partial charge in [-0.2, -0.15) is 4.99 Å². The van der Waals surface area contributed by atoms with E-state index in [0.717, 1.165) is 16.6 Å². The molecule has 1 aromatic heterocycles. The lowest BCUT2D eigenvalue weighted by atomic mass is 10.1. The third-order valence-electron chi connectivity index (χ3n) is 4.67. The molecule has 0 saturated heterocycles. The molecule has 0 atom stereocenters. The highest BCUT2D eigenvalue weighted by Gasteiger charge is 2.18. The van der Waals surface area contributed by atoms with E-state index in [1.807, 2.05) is 25.1 Å². The van der Waals surface area contributed by atoms with Crippen LogP contribution in [0.4, 0.5) is 10.5 Å². The van der Waals surface area contributed by atoms with Gasteiger partial charge in [0.2, 0.25) is 0 Å². The minimum absolute atomic E-state index is 0.148. The molecule has 0 saturated carbocycles. The van der Waals surface area contributed by atoms with Crippen LogP contribution in [-0.4, -0.2) is 32.5 Å². The Balaban J connectivity index is 1.92. The lowest BCUT2D eigenvalue weighted by Crippen LogP contribution is -2.31. The summed E-state index contributed by atoms with van der Waals surface area (Å²) in [4.78, 5) is 30.1. The number of nitrogens with one attached hydrogen (secondary N) is 1. The number of nitrogens with zero attached hydrogens (tertiary/aromatic N) is 3. The summed E-state index contributed by atoms with van der Waals surface area (Å²) in [5, 5.41) is 11.4. The number of hydrogen-bond donors (Lipinski definition) is 3. The fraction of sp³-hybridized carbons (Fsp3) is 0.273. The van der Waals surface area contributed by atoms with Crippen LogP contribution in [-0.2, 0) is 16.8 Å². The SMILES string of the molecule is CCc1cc(NC(=O)/C(N)=N/C(=O)O)cc(Cl)c1Oc1ccc2ncn(C(C)(C)C)c2c1. The van der Waals surface area contributed by atoms with Gasteiger partial charge in [0.15, 0.2) is 5.84 Å². The summed E-state index contributed by atoms with van der Waals surface area (Å²) in [5.74, 6) is -0.467. The lowest BCUT2D eigenvalue weighted by Gasteiger charge is -2.22. The number of carboxylic acid groups (broad SMARTS) is 1. The van der Waals surface area contributed by atoms with Crippen LogP contribution in [0.25, 0.3) is 11.0 Å². The van der Waals surface area contributed by atoms with Crippen molar-refractivity contribution in [2.75, 3.05) is 5.32 Å². The van der Waals surface area contributed by atoms with Crippen LogP contribution in [0.15, 0.2) is 41.7 Å². The second-order valence-electron chi connectivity index (χ2n) is 8.07. The summed E-state index contributed by atoms with van der Waals surface area (Å²) in [7, 11) is 0. The Bertz CT molecular complexity index is 1230. The van der Waals surface area contributed by atoms with Crippen LogP contribution in [0.1, 0.15) is 33.3 Å². The smallest absolute Gasteiger partial charge is 0.433 e. The van der Waals surface area contributed by atoms with Crippen molar-refractivity contribution in [3.8, 4) is 11.5 Å². The number of halogens is 1. The number of fused-ring (bicyclic) bond motifs is 1. The molecular formula is C22H24ClN5O4. The largest absolute Gasteiger partial charge is 0.463 e. The van der Waals surface area contributed by atoms with Crippen LogP contribution in [0.5, 0.6) is 11.5 Å². The number of amides is 2. The van der Waals surface area contributed by atoms with Gasteiger partial charge >= 0.3 is 6.09 Å². The van der Waals surface area contributed by atoms with E-state index in [1.165, 1.54) is 6.07 Å². The highest BCUT2D eigenvalue weighted by Crippen LogP contribution is 2.37. The molecule has 0 radical (unpaired) electrons. The minimum Gasteiger partial charge on any atom is -0.463 e. The zero-order chi connectivity index (χ0) is 23.6. The Morgan fingerprint density at radius 2 is 2.00 bits per heavy atom. The van der Waals surface area contributed by atoms with Crippen LogP contribution < -0.4 is 15.8 Å². The van der Waals surface area contributed by atoms with E-state index in [-0.39, 0.29) is 10.6 Å². The zero-order valence-electron chi connectivity index (χ0n) is 18.1. The summed E-state index contributed by atoms with van der Waals surface area (Å²) in [5.41, 5.74) is 8.10. The van der Waals surface area contributed by atoms with Crippen LogP contribution >= 0.6 is 11.6 Å². The van der Waals surface area contributed by atoms with E-state index >= 15 is 0 Å². The van der Waals surface area contributed by atoms with E-state index in [0.29, 0.717) is 23.6 Å². The Kier molecular flexibility index (Phi) is 6.40. The zero-order valence-corrected chi connectivity index (χ0v) is 18.9. The molecule has 3 aromatic rings. The maximum absolute atomic E-state index is 12.0. The highest BCUT2D eigenvalue weighted by molar-refractivity contribution is 6.42. The van der Waals surface area contributed by atoms with Crippen molar-refractivity contribution in [2.45, 2.75) is 39.7 Å². The number of aliphatic imine (C=N–C) groups is 1. The average molecular weight is 458 g/mol. The molecule has 2 amide bonds. The Hall–Kier alpha value is -3.59. The molecule has 4 N–H and O–H groups in total. The summed E-state index contributed by atoms with van der Waals surface area (Å²) in [6.07, 6.45) is 0.813. The first-order valence-electron chi connectivity index (χ1n) is 9.86. The van der Waals surface area contributed by atoms with Crippen LogP contribution in [0.3, 0.4) is 0 Å². The van der Waals surface area contributed by atoms with Crippen molar-refractivity contribution < 1.29 is 19.4 Å². The number of ether oxygens (including phenoxy) is 1. The van der Waals surface area contributed by atoms with Gasteiger partial charge in [0.05, 0.1) is 22.4 Å². The number of aromatic nitrogens is 2. The summed E-state index contributed by atoms with van der Waals surface area (Å²) >= 11 is 6.46. The molecule has 10 heteroatoms. The third-order valence-corrected chi connectivity index (χ3v) is 4.95. The number of hydrogen-bond acceptors (Lipinski definition) is 4. The number of amidine groups is 1. The predicted octanol–water partition coefficient (Wildman–Crippen LogP) is 4.77. The molecule has 3 rings (SSSR count). The molecule has 0 aliphatic carbocycles. The van der Waals surface area contributed by atoms with Gasteiger partial charge in [-0.3, -0.25) is 4.79 Å². The maximum atomic E-state index is 12.0. The van der Waals surface area contributed by atoms with E-state index in [4.69, 9.17) is 27.2 Å². The monoisotopic (exact) mass is 457 g/mol. The van der Waals surface area contributed by atoms with Gasteiger partial charge in [0, 0.05) is 17.3 Å². The quantitative estimate of drug-likeness (QED) is 0.381. The Morgan fingerprint density at radius 3 is 2.62 bits per heavy atom. The van der Waals surface area contributed by atoms with Crippen molar-refractivity contribution in [1.82, 2.24) is 9.55 Å². The molecule has 0 fully saturated rings. The van der Waals surface area contributed by atoms with Crippen molar-refractivity contribution in [1.29, 1.82) is 0 Å². The lowest BCUT2D eigenvalue weighted by molar-refractivity contribution is -0.110. The van der Waals surface area contributed by atoms with Crippen LogP contribution in [0.2, 0.25) is 5.02 Å². The van der Waals surface area contributed by atoms with Gasteiger partial charge in [-0.25, -0.2) is 9.78 Å². The van der Waals surface area contributed by atoms with E-state index in [2.05, 4.69) is 40.6 Å². The Labute approximate surface area is 189 Å². The number of rotatable bonds is 4. The van der Waals surface area contributed by atoms with Gasteiger partial charge in [0.25, 0.3) is 5.91 Å². The van der Waals surface area contributed by atoms with Gasteiger partial charge in [-0.05, 0) is 57.0 Å². The molecular weight excluding hydrogens is 434 g/mol. The van der Waals surface area contributed by atoms with Crippen molar-refractivity contribution in [3.05, 3.63) is 47.2 Å². The first kappa shape index (κ1) is 23.1. The second-order valence-corrected chi connectivity index (χ2v) is 8.48. The number of benzene rings is 2. The number of nitrogens with two attached hydrogens (primary N) is 1. The molecule has 0 aliphatic rings. The summed E-state index contributed by atoms with van der Waals surface area (Å²) in [6.45, 7) is 8.19. The van der Waals surface area contributed by atoms with Crippen LogP contribution in [0, 0.1) is 0 Å². The van der Waals surface area contributed by atoms with Gasteiger partial charge in [-0.1, -0.05) is 18.5 Å². The average Bonchev–Trinajstić information content (AvgIpc) is 3.12. The highest BCUT2D eigenvalue weighted by atomic mass is 35.5. The standard InChI is InChI=1S/C22H24ClN5O4/c1-5-12-8-13(26-20(29)19(24)27-21(30)31)9-15(23)18(12)32-14-6-7-16-17(10-14)28(11-25-16)22(2,3)4/h6-11H,5H2,1-4H3,(H2,24,27)(H,26,29)(H,30,31). The third kappa shape index (κ3) is 5.00. The van der Waals surface area contributed by atoms with Crippen molar-refractivity contribution in [2.24, 2.45) is 10.7 Å². The first-order valence-corrected chi connectivity index (χ1v) is 10.2. The fourth-order valence-corrected chi connectivity index (χ4v) is 3.43. The number of carbonyl (C=O) groups excluding carboxylic acids is 1. The predicted molar refractivity (Wildman–Crippen MR) is 124 cm³/mol. The molecule has 2 aromatic carbocycles. The molecule has 0 bridgehead atoms. The normalized spacial score (nSPS) is 12.1. The molecule has 32 heavy (non-hydrogen) atoms. The molecule has 0 spiro atoms. The van der Waals surface area contributed by atoms with Gasteiger partial charge in [-0.15, -0.1) is 0 Å². The fourth-order valence-electron chi connectivity index (χ4n) is 3.15. The summed E-state index contributed by atoms with van der Waals surface area (Å²) < 4.78 is 8.19. The summed E-state index contributed by atoms with van der Waals surface area (Å²) in [6, 6.07) is 8.79. The molecule has 9 nitrogen and oxygen atoms in total. The van der Waals surface area contributed by atoms with E-state index in [1.54, 1.807) is 12.4 Å². The van der Waals surface area contributed by atoms with Crippen molar-refractivity contribution >= 4 is 46.2 Å². The van der Waals surface area contributed by atoms with E-state index < -0.39 is 17.8 Å². The molecule has 0 aliphatic heterocycles. The number of anilines is 1. The molecule has 1 heterocycles. The minimum atomic E-state index is -1.56. The second kappa shape index (κ2) is 8.88. The number of imidazole rings is 1.